The molecule has 2 heterocycles. The second-order valence-corrected chi connectivity index (χ2v) is 8.97. The molecule has 28 heavy (non-hydrogen) atoms. The molecule has 0 aromatic heterocycles. The number of likely N-dealkylation sites (N-methyl/N-ethyl adjacent to an activating group) is 1. The third-order valence-electron chi connectivity index (χ3n) is 5.08. The minimum Gasteiger partial charge on any atom is -0.467 e. The highest BCUT2D eigenvalue weighted by Crippen LogP contribution is 2.54. The van der Waals surface area contributed by atoms with Crippen LogP contribution < -0.4 is 5.73 Å². The van der Waals surface area contributed by atoms with Crippen LogP contribution in [0.2, 0.25) is 0 Å². The zero-order chi connectivity index (χ0) is 20.1. The van der Waals surface area contributed by atoms with Crippen molar-refractivity contribution in [3.05, 3.63) is 69.9 Å². The molecule has 3 aliphatic rings. The lowest BCUT2D eigenvalue weighted by atomic mass is 9.91. The maximum absolute atomic E-state index is 12.3. The number of carbonyl (C=O) groups excluding carboxylic acids is 1. The van der Waals surface area contributed by atoms with Crippen LogP contribution in [0.1, 0.15) is 25.6 Å². The molecule has 2 atom stereocenters. The minimum atomic E-state index is -0.599. The van der Waals surface area contributed by atoms with Crippen molar-refractivity contribution >= 4 is 40.5 Å². The van der Waals surface area contributed by atoms with E-state index in [1.165, 1.54) is 0 Å². The van der Waals surface area contributed by atoms with E-state index >= 15 is 0 Å². The van der Waals surface area contributed by atoms with E-state index in [9.17, 15) is 4.79 Å². The molecule has 4 rings (SSSR count). The summed E-state index contributed by atoms with van der Waals surface area (Å²) in [7, 11) is 1.71. The summed E-state index contributed by atoms with van der Waals surface area (Å²) in [4.78, 5) is 20.1. The summed E-state index contributed by atoms with van der Waals surface area (Å²) in [5.74, 6) is 0.546. The number of dihydropyridines is 1. The predicted molar refractivity (Wildman–Crippen MR) is 117 cm³/mol. The number of benzene rings is 1. The fourth-order valence-electron chi connectivity index (χ4n) is 3.65. The minimum absolute atomic E-state index is 0.0815. The maximum atomic E-state index is 12.3. The standard InChI is InChI=1S/C21H21N3O2S2/c1-12-15-9-14(27)10-16-18(15)23-21(2,28-16)19(12)26-20(24(3)17(25)11-22)13-7-5-4-6-8-13/h4-10,20H,11,22H2,1-3H3. The lowest BCUT2D eigenvalue weighted by Gasteiger charge is -2.35. The van der Waals surface area contributed by atoms with Crippen LogP contribution in [0.5, 0.6) is 0 Å². The van der Waals surface area contributed by atoms with Crippen molar-refractivity contribution in [1.29, 1.82) is 0 Å². The number of nitrogens with zero attached hydrogens (tertiary/aromatic N) is 2. The molecule has 1 aliphatic carbocycles. The highest BCUT2D eigenvalue weighted by molar-refractivity contribution is 8.06. The Balaban J connectivity index is 1.78. The Morgan fingerprint density at radius 1 is 1.36 bits per heavy atom. The van der Waals surface area contributed by atoms with Crippen molar-refractivity contribution in [3.63, 3.8) is 0 Å². The Labute approximate surface area is 174 Å². The van der Waals surface area contributed by atoms with E-state index in [1.54, 1.807) is 23.7 Å². The number of allylic oxidation sites excluding steroid dienone is 5. The first kappa shape index (κ1) is 19.1. The summed E-state index contributed by atoms with van der Waals surface area (Å²) in [5.41, 5.74) is 9.46. The molecular weight excluding hydrogens is 390 g/mol. The smallest absolute Gasteiger partial charge is 0.239 e. The van der Waals surface area contributed by atoms with Crippen molar-refractivity contribution in [3.8, 4) is 0 Å². The van der Waals surface area contributed by atoms with Crippen LogP contribution in [-0.2, 0) is 9.53 Å². The van der Waals surface area contributed by atoms with Gasteiger partial charge in [0.15, 0.2) is 11.1 Å². The van der Waals surface area contributed by atoms with Crippen molar-refractivity contribution in [1.82, 2.24) is 4.90 Å². The number of hydrogen-bond acceptors (Lipinski definition) is 6. The number of amides is 1. The normalized spacial score (nSPS) is 23.7. The van der Waals surface area contributed by atoms with Crippen molar-refractivity contribution in [2.75, 3.05) is 13.6 Å². The molecule has 0 saturated carbocycles. The van der Waals surface area contributed by atoms with Gasteiger partial charge in [-0.2, -0.15) is 0 Å². The van der Waals surface area contributed by atoms with Gasteiger partial charge in [0.2, 0.25) is 5.91 Å². The second-order valence-electron chi connectivity index (χ2n) is 7.06. The van der Waals surface area contributed by atoms with Crippen molar-refractivity contribution in [2.45, 2.75) is 24.9 Å². The Kier molecular flexibility index (Phi) is 4.77. The average Bonchev–Trinajstić information content (AvgIpc) is 3.01. The van der Waals surface area contributed by atoms with Crippen LogP contribution in [0.4, 0.5) is 0 Å². The molecule has 7 heteroatoms. The number of nitrogens with two attached hydrogens (primary N) is 1. The molecule has 0 saturated heterocycles. The molecule has 2 N–H and O–H groups in total. The summed E-state index contributed by atoms with van der Waals surface area (Å²) < 4.78 is 6.54. The summed E-state index contributed by atoms with van der Waals surface area (Å²) >= 11 is 7.06. The maximum Gasteiger partial charge on any atom is 0.239 e. The van der Waals surface area contributed by atoms with Crippen molar-refractivity contribution < 1.29 is 9.53 Å². The topological polar surface area (TPSA) is 67.9 Å². The lowest BCUT2D eigenvalue weighted by molar-refractivity contribution is -0.139. The number of hydrogen-bond donors (Lipinski definition) is 1. The Bertz CT molecular complexity index is 994. The fourth-order valence-corrected chi connectivity index (χ4v) is 5.26. The van der Waals surface area contributed by atoms with Crippen LogP contribution in [0, 0.1) is 0 Å². The van der Waals surface area contributed by atoms with Gasteiger partial charge in [0.05, 0.1) is 12.3 Å². The zero-order valence-corrected chi connectivity index (χ0v) is 17.6. The van der Waals surface area contributed by atoms with Gasteiger partial charge in [-0.15, -0.1) is 0 Å². The van der Waals surface area contributed by atoms with Gasteiger partial charge in [-0.3, -0.25) is 9.79 Å². The highest BCUT2D eigenvalue weighted by atomic mass is 32.2. The van der Waals surface area contributed by atoms with Crippen LogP contribution in [0.3, 0.4) is 0 Å². The third-order valence-corrected chi connectivity index (χ3v) is 6.52. The first-order valence-electron chi connectivity index (χ1n) is 9.00. The van der Waals surface area contributed by atoms with Gasteiger partial charge in [0.25, 0.3) is 0 Å². The van der Waals surface area contributed by atoms with E-state index in [2.05, 4.69) is 0 Å². The molecule has 1 aromatic carbocycles. The molecule has 2 aliphatic heterocycles. The number of carbonyl (C=O) groups is 1. The average molecular weight is 412 g/mol. The van der Waals surface area contributed by atoms with Crippen LogP contribution in [0.25, 0.3) is 0 Å². The van der Waals surface area contributed by atoms with E-state index in [-0.39, 0.29) is 12.5 Å². The molecular formula is C21H21N3O2S2. The number of rotatable bonds is 5. The van der Waals surface area contributed by atoms with Gasteiger partial charge < -0.3 is 15.4 Å². The number of thiocarbonyl (C=S) groups is 1. The lowest BCUT2D eigenvalue weighted by Crippen LogP contribution is -2.38. The summed E-state index contributed by atoms with van der Waals surface area (Å²) in [5, 5.41) is 0. The first-order chi connectivity index (χ1) is 13.3. The molecule has 1 amide bonds. The summed E-state index contributed by atoms with van der Waals surface area (Å²) in [6, 6.07) is 9.67. The highest BCUT2D eigenvalue weighted by Gasteiger charge is 2.48. The molecule has 144 valence electrons. The van der Waals surface area contributed by atoms with E-state index in [1.807, 2.05) is 56.3 Å². The van der Waals surface area contributed by atoms with E-state index in [0.717, 1.165) is 38.0 Å². The Morgan fingerprint density at radius 2 is 2.07 bits per heavy atom. The molecule has 2 unspecified atom stereocenters. The van der Waals surface area contributed by atoms with Gasteiger partial charge in [-0.05, 0) is 31.6 Å². The Morgan fingerprint density at radius 3 is 2.75 bits per heavy atom. The summed E-state index contributed by atoms with van der Waals surface area (Å²) in [6.45, 7) is 3.98. The third kappa shape index (κ3) is 3.03. The van der Waals surface area contributed by atoms with Gasteiger partial charge >= 0.3 is 0 Å². The molecule has 5 nitrogen and oxygen atoms in total. The number of aliphatic imine (C=N–C) groups is 1. The largest absolute Gasteiger partial charge is 0.467 e. The molecule has 1 aromatic rings. The zero-order valence-electron chi connectivity index (χ0n) is 15.9. The summed E-state index contributed by atoms with van der Waals surface area (Å²) in [6.07, 6.45) is 3.36. The van der Waals surface area contributed by atoms with E-state index < -0.39 is 11.1 Å². The van der Waals surface area contributed by atoms with E-state index in [4.69, 9.17) is 27.7 Å². The number of thioether (sulfide) groups is 1. The number of fused-ring (bicyclic) bond motifs is 1. The SMILES string of the molecule is CC1=C(OC(c2ccccc2)N(C)C(=O)CN)C2(C)N=C3C(=CC(=S)C=C31)S2. The van der Waals surface area contributed by atoms with Gasteiger partial charge in [-0.1, -0.05) is 54.3 Å². The van der Waals surface area contributed by atoms with Crippen LogP contribution in [-0.4, -0.2) is 39.8 Å². The predicted octanol–water partition coefficient (Wildman–Crippen LogP) is 3.50. The Hall–Kier alpha value is -2.22. The van der Waals surface area contributed by atoms with E-state index in [0.29, 0.717) is 0 Å². The van der Waals surface area contributed by atoms with Gasteiger partial charge in [-0.25, -0.2) is 0 Å². The van der Waals surface area contributed by atoms with Gasteiger partial charge in [0.1, 0.15) is 5.76 Å². The molecule has 0 fully saturated rings. The van der Waals surface area contributed by atoms with Crippen LogP contribution >= 0.6 is 24.0 Å². The van der Waals surface area contributed by atoms with Crippen molar-refractivity contribution in [2.24, 2.45) is 10.7 Å². The second kappa shape index (κ2) is 6.99. The molecule has 0 radical (unpaired) electrons. The molecule has 0 spiro atoms. The van der Waals surface area contributed by atoms with Gasteiger partial charge in [0, 0.05) is 28.0 Å². The quantitative estimate of drug-likeness (QED) is 0.593. The monoisotopic (exact) mass is 411 g/mol. The molecule has 2 bridgehead atoms. The fraction of sp³-hybridized carbons (Fsp3) is 0.286. The number of ether oxygens (including phenoxy) is 1. The van der Waals surface area contributed by atoms with Crippen LogP contribution in [0.15, 0.2) is 69.3 Å². The first-order valence-corrected chi connectivity index (χ1v) is 10.2.